The van der Waals surface area contributed by atoms with E-state index in [0.29, 0.717) is 24.6 Å². The van der Waals surface area contributed by atoms with Crippen LogP contribution in [-0.4, -0.2) is 30.1 Å². The molecule has 0 saturated heterocycles. The highest BCUT2D eigenvalue weighted by Crippen LogP contribution is 2.30. The molecule has 2 aromatic rings. The average Bonchev–Trinajstić information content (AvgIpc) is 3.03. The molecule has 0 fully saturated rings. The maximum Gasteiger partial charge on any atom is 0.242 e. The van der Waals surface area contributed by atoms with Gasteiger partial charge in [0, 0.05) is 30.4 Å². The second-order valence-electron chi connectivity index (χ2n) is 5.11. The first-order valence-electron chi connectivity index (χ1n) is 7.24. The molecule has 1 unspecified atom stereocenters. The first kappa shape index (κ1) is 15.2. The van der Waals surface area contributed by atoms with Gasteiger partial charge in [0.2, 0.25) is 5.91 Å². The molecule has 0 spiro atoms. The fourth-order valence-corrected chi connectivity index (χ4v) is 2.67. The number of ether oxygens (including phenoxy) is 2. The van der Waals surface area contributed by atoms with E-state index in [2.05, 4.69) is 20.6 Å². The molecule has 1 aliphatic heterocycles. The van der Waals surface area contributed by atoms with Crippen molar-refractivity contribution in [1.82, 2.24) is 20.6 Å². The van der Waals surface area contributed by atoms with Crippen LogP contribution in [-0.2, 0) is 17.9 Å². The molecule has 2 N–H and O–H groups in total. The number of benzene rings is 1. The normalized spacial score (nSPS) is 15.8. The molecule has 0 saturated carbocycles. The average molecular weight is 314 g/mol. The number of nitrogens with one attached hydrogen (secondary N) is 2. The van der Waals surface area contributed by atoms with Crippen molar-refractivity contribution < 1.29 is 14.3 Å². The van der Waals surface area contributed by atoms with Crippen LogP contribution in [0.1, 0.15) is 22.9 Å². The highest BCUT2D eigenvalue weighted by molar-refractivity contribution is 5.84. The van der Waals surface area contributed by atoms with Crippen LogP contribution in [0.3, 0.4) is 0 Å². The van der Waals surface area contributed by atoms with Crippen molar-refractivity contribution in [2.75, 3.05) is 14.2 Å². The Kier molecular flexibility index (Phi) is 4.38. The third-order valence-electron chi connectivity index (χ3n) is 3.81. The Morgan fingerprint density at radius 2 is 2.26 bits per heavy atom. The number of aromatic nitrogens is 2. The van der Waals surface area contributed by atoms with E-state index < -0.39 is 6.04 Å². The first-order chi connectivity index (χ1) is 11.2. The van der Waals surface area contributed by atoms with E-state index in [1.54, 1.807) is 20.4 Å². The molecule has 1 amide bonds. The summed E-state index contributed by atoms with van der Waals surface area (Å²) in [5, 5.41) is 6.05. The van der Waals surface area contributed by atoms with Gasteiger partial charge in [0.1, 0.15) is 12.4 Å². The molecule has 3 rings (SSSR count). The molecule has 1 aromatic heterocycles. The minimum absolute atomic E-state index is 0.122. The molecule has 0 bridgehead atoms. The van der Waals surface area contributed by atoms with Crippen molar-refractivity contribution in [3.05, 3.63) is 47.5 Å². The van der Waals surface area contributed by atoms with Crippen LogP contribution < -0.4 is 20.1 Å². The zero-order valence-corrected chi connectivity index (χ0v) is 13.0. The van der Waals surface area contributed by atoms with Crippen molar-refractivity contribution in [2.45, 2.75) is 19.1 Å². The molecule has 7 nitrogen and oxygen atoms in total. The van der Waals surface area contributed by atoms with E-state index in [1.807, 2.05) is 18.2 Å². The zero-order valence-electron chi connectivity index (χ0n) is 13.0. The van der Waals surface area contributed by atoms with Crippen molar-refractivity contribution in [3.8, 4) is 11.5 Å². The number of amides is 1. The number of carbonyl (C=O) groups is 1. The lowest BCUT2D eigenvalue weighted by Gasteiger charge is -2.15. The van der Waals surface area contributed by atoms with Crippen LogP contribution in [0, 0.1) is 0 Å². The predicted octanol–water partition coefficient (Wildman–Crippen LogP) is 0.954. The van der Waals surface area contributed by atoms with Crippen LogP contribution >= 0.6 is 0 Å². The summed E-state index contributed by atoms with van der Waals surface area (Å²) < 4.78 is 10.6. The lowest BCUT2D eigenvalue weighted by Crippen LogP contribution is -2.33. The van der Waals surface area contributed by atoms with Gasteiger partial charge in [0.15, 0.2) is 11.5 Å². The smallest absolute Gasteiger partial charge is 0.242 e. The second kappa shape index (κ2) is 6.62. The third-order valence-corrected chi connectivity index (χ3v) is 3.81. The minimum atomic E-state index is -0.428. The number of fused-ring (bicyclic) bond motifs is 1. The topological polar surface area (TPSA) is 85.4 Å². The number of carbonyl (C=O) groups excluding carboxylic acids is 1. The molecule has 7 heteroatoms. The largest absolute Gasteiger partial charge is 0.493 e. The fraction of sp³-hybridized carbons (Fsp3) is 0.312. The van der Waals surface area contributed by atoms with Crippen LogP contribution in [0.25, 0.3) is 0 Å². The number of nitrogens with zero attached hydrogens (tertiary/aromatic N) is 2. The third kappa shape index (κ3) is 2.95. The highest BCUT2D eigenvalue weighted by atomic mass is 16.5. The van der Waals surface area contributed by atoms with Gasteiger partial charge in [-0.2, -0.15) is 0 Å². The van der Waals surface area contributed by atoms with Crippen LogP contribution in [0.2, 0.25) is 0 Å². The molecule has 1 atom stereocenters. The van der Waals surface area contributed by atoms with Gasteiger partial charge in [0.25, 0.3) is 0 Å². The quantitative estimate of drug-likeness (QED) is 0.855. The van der Waals surface area contributed by atoms with E-state index in [-0.39, 0.29) is 5.91 Å². The summed E-state index contributed by atoms with van der Waals surface area (Å²) in [6.07, 6.45) is 3.17. The Morgan fingerprint density at radius 3 is 3.04 bits per heavy atom. The molecular formula is C16H18N4O3. The Balaban J connectivity index is 1.71. The first-order valence-corrected chi connectivity index (χ1v) is 7.24. The standard InChI is InChI=1S/C16H18N4O3/c1-22-13-5-3-4-10(15(13)23-2)6-19-16(21)14-11-7-17-9-20-12(11)8-18-14/h3-5,7,9,14,18H,6,8H2,1-2H3,(H,19,21). The van der Waals surface area contributed by atoms with E-state index in [9.17, 15) is 4.79 Å². The van der Waals surface area contributed by atoms with E-state index in [1.165, 1.54) is 6.33 Å². The van der Waals surface area contributed by atoms with Crippen LogP contribution in [0.5, 0.6) is 11.5 Å². The van der Waals surface area contributed by atoms with Gasteiger partial charge >= 0.3 is 0 Å². The monoisotopic (exact) mass is 314 g/mol. The summed E-state index contributed by atoms with van der Waals surface area (Å²) in [6.45, 7) is 0.916. The number of rotatable bonds is 5. The van der Waals surface area contributed by atoms with Gasteiger partial charge in [-0.3, -0.25) is 10.1 Å². The summed E-state index contributed by atoms with van der Waals surface area (Å²) in [5.41, 5.74) is 2.53. The van der Waals surface area contributed by atoms with E-state index >= 15 is 0 Å². The molecule has 120 valence electrons. The van der Waals surface area contributed by atoms with Gasteiger partial charge in [-0.1, -0.05) is 12.1 Å². The summed E-state index contributed by atoms with van der Waals surface area (Å²) >= 11 is 0. The predicted molar refractivity (Wildman–Crippen MR) is 83.0 cm³/mol. The number of methoxy groups -OCH3 is 2. The lowest BCUT2D eigenvalue weighted by atomic mass is 10.1. The Bertz CT molecular complexity index is 720. The Hall–Kier alpha value is -2.67. The summed E-state index contributed by atoms with van der Waals surface area (Å²) in [7, 11) is 3.16. The molecule has 1 aromatic carbocycles. The van der Waals surface area contributed by atoms with E-state index in [0.717, 1.165) is 16.8 Å². The highest BCUT2D eigenvalue weighted by Gasteiger charge is 2.29. The summed E-state index contributed by atoms with van der Waals surface area (Å²) in [6, 6.07) is 5.14. The maximum absolute atomic E-state index is 12.4. The summed E-state index contributed by atoms with van der Waals surface area (Å²) in [4.78, 5) is 20.6. The van der Waals surface area contributed by atoms with Gasteiger partial charge in [-0.05, 0) is 6.07 Å². The van der Waals surface area contributed by atoms with Gasteiger partial charge in [0.05, 0.1) is 19.9 Å². The van der Waals surface area contributed by atoms with Gasteiger partial charge in [-0.25, -0.2) is 9.97 Å². The molecule has 2 heterocycles. The molecule has 23 heavy (non-hydrogen) atoms. The Morgan fingerprint density at radius 1 is 1.39 bits per heavy atom. The number of hydrogen-bond acceptors (Lipinski definition) is 6. The van der Waals surface area contributed by atoms with Gasteiger partial charge < -0.3 is 14.8 Å². The zero-order chi connectivity index (χ0) is 16.2. The Labute approximate surface area is 134 Å². The number of hydrogen-bond donors (Lipinski definition) is 2. The fourth-order valence-electron chi connectivity index (χ4n) is 2.67. The molecule has 0 aliphatic carbocycles. The van der Waals surface area contributed by atoms with Crippen molar-refractivity contribution in [3.63, 3.8) is 0 Å². The lowest BCUT2D eigenvalue weighted by molar-refractivity contribution is -0.123. The molecule has 0 radical (unpaired) electrons. The molecular weight excluding hydrogens is 296 g/mol. The minimum Gasteiger partial charge on any atom is -0.493 e. The summed E-state index contributed by atoms with van der Waals surface area (Å²) in [5.74, 6) is 1.14. The molecule has 1 aliphatic rings. The van der Waals surface area contributed by atoms with Crippen LogP contribution in [0.15, 0.2) is 30.7 Å². The van der Waals surface area contributed by atoms with Crippen molar-refractivity contribution in [1.29, 1.82) is 0 Å². The second-order valence-corrected chi connectivity index (χ2v) is 5.11. The van der Waals surface area contributed by atoms with Crippen LogP contribution in [0.4, 0.5) is 0 Å². The van der Waals surface area contributed by atoms with E-state index in [4.69, 9.17) is 9.47 Å². The maximum atomic E-state index is 12.4. The van der Waals surface area contributed by atoms with Crippen molar-refractivity contribution in [2.24, 2.45) is 0 Å². The van der Waals surface area contributed by atoms with Crippen molar-refractivity contribution >= 4 is 5.91 Å². The SMILES string of the molecule is COc1cccc(CNC(=O)C2NCc3ncncc32)c1OC. The number of para-hydroxylation sites is 1. The van der Waals surface area contributed by atoms with Gasteiger partial charge in [-0.15, -0.1) is 0 Å².